The van der Waals surface area contributed by atoms with Crippen LogP contribution in [-0.4, -0.2) is 40.4 Å². The van der Waals surface area contributed by atoms with Crippen molar-refractivity contribution in [3.8, 4) is 0 Å². The lowest BCUT2D eigenvalue weighted by Crippen LogP contribution is -2.52. The van der Waals surface area contributed by atoms with Gasteiger partial charge in [-0.1, -0.05) is 26.7 Å². The first-order chi connectivity index (χ1) is 8.73. The number of carboxylic acids is 1. The molecule has 19 heavy (non-hydrogen) atoms. The van der Waals surface area contributed by atoms with Crippen molar-refractivity contribution in [3.63, 3.8) is 0 Å². The van der Waals surface area contributed by atoms with Crippen molar-refractivity contribution in [1.29, 1.82) is 0 Å². The molecule has 2 amide bonds. The van der Waals surface area contributed by atoms with Crippen molar-refractivity contribution >= 4 is 12.0 Å². The van der Waals surface area contributed by atoms with Gasteiger partial charge in [0.05, 0.1) is 6.10 Å². The van der Waals surface area contributed by atoms with Crippen LogP contribution in [0.5, 0.6) is 0 Å². The quantitative estimate of drug-likeness (QED) is 0.536. The standard InChI is InChI=1S/C13H26N2O4/c1-8(2)6-5-7-9(3)14-13(19)15-11(10(4)16)12(17)18/h8-11,16H,5-7H2,1-4H3,(H,17,18)(H2,14,15,19)/t9?,10-,11+/m1/s1. The Morgan fingerprint density at radius 3 is 2.05 bits per heavy atom. The minimum atomic E-state index is -1.29. The Morgan fingerprint density at radius 1 is 1.05 bits per heavy atom. The largest absolute Gasteiger partial charge is 0.480 e. The summed E-state index contributed by atoms with van der Waals surface area (Å²) in [6.45, 7) is 7.49. The fourth-order valence-electron chi connectivity index (χ4n) is 1.70. The summed E-state index contributed by atoms with van der Waals surface area (Å²) in [5.74, 6) is -0.620. The molecule has 3 atom stereocenters. The molecule has 0 bridgehead atoms. The molecule has 0 aromatic carbocycles. The van der Waals surface area contributed by atoms with E-state index in [2.05, 4.69) is 24.5 Å². The number of rotatable bonds is 8. The van der Waals surface area contributed by atoms with Crippen LogP contribution in [0.4, 0.5) is 4.79 Å². The van der Waals surface area contributed by atoms with Crippen molar-refractivity contribution in [3.05, 3.63) is 0 Å². The number of aliphatic hydroxyl groups excluding tert-OH is 1. The van der Waals surface area contributed by atoms with E-state index in [0.717, 1.165) is 19.3 Å². The number of aliphatic carboxylic acids is 1. The molecule has 0 aliphatic carbocycles. The monoisotopic (exact) mass is 274 g/mol. The van der Waals surface area contributed by atoms with E-state index in [1.807, 2.05) is 6.92 Å². The summed E-state index contributed by atoms with van der Waals surface area (Å²) in [4.78, 5) is 22.4. The zero-order valence-corrected chi connectivity index (χ0v) is 12.1. The highest BCUT2D eigenvalue weighted by Crippen LogP contribution is 2.08. The Labute approximate surface area is 114 Å². The highest BCUT2D eigenvalue weighted by atomic mass is 16.4. The topological polar surface area (TPSA) is 98.7 Å². The minimum absolute atomic E-state index is 0.0257. The average molecular weight is 274 g/mol. The van der Waals surface area contributed by atoms with E-state index in [1.165, 1.54) is 6.92 Å². The fraction of sp³-hybridized carbons (Fsp3) is 0.846. The summed E-state index contributed by atoms with van der Waals surface area (Å²) in [5, 5.41) is 23.0. The van der Waals surface area contributed by atoms with Crippen LogP contribution in [0.25, 0.3) is 0 Å². The molecule has 0 aromatic rings. The smallest absolute Gasteiger partial charge is 0.328 e. The molecule has 0 spiro atoms. The lowest BCUT2D eigenvalue weighted by molar-refractivity contribution is -0.141. The number of nitrogens with one attached hydrogen (secondary N) is 2. The fourth-order valence-corrected chi connectivity index (χ4v) is 1.70. The van der Waals surface area contributed by atoms with Gasteiger partial charge in [0, 0.05) is 6.04 Å². The van der Waals surface area contributed by atoms with E-state index < -0.39 is 24.1 Å². The number of hydrogen-bond acceptors (Lipinski definition) is 3. The molecule has 0 saturated carbocycles. The normalized spacial score (nSPS) is 15.7. The van der Waals surface area contributed by atoms with E-state index in [1.54, 1.807) is 0 Å². The molecule has 0 aliphatic rings. The summed E-state index contributed by atoms with van der Waals surface area (Å²) >= 11 is 0. The van der Waals surface area contributed by atoms with E-state index in [0.29, 0.717) is 5.92 Å². The first-order valence-electron chi connectivity index (χ1n) is 6.72. The van der Waals surface area contributed by atoms with Gasteiger partial charge in [0.25, 0.3) is 0 Å². The van der Waals surface area contributed by atoms with E-state index in [9.17, 15) is 14.7 Å². The van der Waals surface area contributed by atoms with Crippen LogP contribution in [0, 0.1) is 5.92 Å². The van der Waals surface area contributed by atoms with Crippen LogP contribution < -0.4 is 10.6 Å². The first kappa shape index (κ1) is 17.7. The van der Waals surface area contributed by atoms with Gasteiger partial charge in [0.15, 0.2) is 6.04 Å². The number of hydrogen-bond donors (Lipinski definition) is 4. The molecular weight excluding hydrogens is 248 g/mol. The minimum Gasteiger partial charge on any atom is -0.480 e. The van der Waals surface area contributed by atoms with E-state index in [4.69, 9.17) is 5.11 Å². The van der Waals surface area contributed by atoms with Crippen molar-refractivity contribution in [2.75, 3.05) is 0 Å². The third kappa shape index (κ3) is 8.42. The van der Waals surface area contributed by atoms with Crippen LogP contribution in [0.3, 0.4) is 0 Å². The molecule has 0 aliphatic heterocycles. The maximum absolute atomic E-state index is 11.6. The molecule has 0 heterocycles. The number of carbonyl (C=O) groups excluding carboxylic acids is 1. The number of aliphatic hydroxyl groups is 1. The lowest BCUT2D eigenvalue weighted by atomic mass is 10.0. The highest BCUT2D eigenvalue weighted by molar-refractivity contribution is 5.83. The van der Waals surface area contributed by atoms with Crippen molar-refractivity contribution in [2.24, 2.45) is 5.92 Å². The Morgan fingerprint density at radius 2 is 1.63 bits per heavy atom. The summed E-state index contributed by atoms with van der Waals surface area (Å²) in [6.07, 6.45) is 1.81. The Kier molecular flexibility index (Phi) is 8.14. The van der Waals surface area contributed by atoms with Gasteiger partial charge in [-0.25, -0.2) is 9.59 Å². The van der Waals surface area contributed by atoms with Gasteiger partial charge in [0.1, 0.15) is 0 Å². The second kappa shape index (κ2) is 8.74. The molecule has 0 aromatic heterocycles. The summed E-state index contributed by atoms with van der Waals surface area (Å²) in [5.41, 5.74) is 0. The van der Waals surface area contributed by atoms with Gasteiger partial charge in [-0.3, -0.25) is 0 Å². The molecule has 4 N–H and O–H groups in total. The third-order valence-corrected chi connectivity index (χ3v) is 2.83. The molecular formula is C13H26N2O4. The van der Waals surface area contributed by atoms with Gasteiger partial charge in [0.2, 0.25) is 0 Å². The predicted octanol–water partition coefficient (Wildman–Crippen LogP) is 1.33. The lowest BCUT2D eigenvalue weighted by Gasteiger charge is -2.20. The molecule has 6 heteroatoms. The highest BCUT2D eigenvalue weighted by Gasteiger charge is 2.25. The van der Waals surface area contributed by atoms with Gasteiger partial charge in [-0.2, -0.15) is 0 Å². The van der Waals surface area contributed by atoms with Crippen molar-refractivity contribution in [1.82, 2.24) is 10.6 Å². The molecule has 112 valence electrons. The van der Waals surface area contributed by atoms with E-state index >= 15 is 0 Å². The third-order valence-electron chi connectivity index (χ3n) is 2.83. The van der Waals surface area contributed by atoms with Gasteiger partial charge < -0.3 is 20.8 Å². The van der Waals surface area contributed by atoms with E-state index in [-0.39, 0.29) is 6.04 Å². The molecule has 6 nitrogen and oxygen atoms in total. The van der Waals surface area contributed by atoms with Gasteiger partial charge >= 0.3 is 12.0 Å². The summed E-state index contributed by atoms with van der Waals surface area (Å²) < 4.78 is 0. The second-order valence-corrected chi connectivity index (χ2v) is 5.40. The maximum atomic E-state index is 11.6. The maximum Gasteiger partial charge on any atom is 0.328 e. The van der Waals surface area contributed by atoms with Crippen LogP contribution in [0.15, 0.2) is 0 Å². The number of urea groups is 1. The predicted molar refractivity (Wildman–Crippen MR) is 72.9 cm³/mol. The summed E-state index contributed by atoms with van der Waals surface area (Å²) in [7, 11) is 0. The van der Waals surface area contributed by atoms with Gasteiger partial charge in [-0.05, 0) is 26.2 Å². The van der Waals surface area contributed by atoms with Crippen molar-refractivity contribution < 1.29 is 19.8 Å². The molecule has 1 unspecified atom stereocenters. The Bertz CT molecular complexity index is 292. The van der Waals surface area contributed by atoms with Crippen LogP contribution in [0.1, 0.15) is 47.0 Å². The molecule has 0 rings (SSSR count). The molecule has 0 radical (unpaired) electrons. The first-order valence-corrected chi connectivity index (χ1v) is 6.72. The number of carboxylic acid groups (broad SMARTS) is 1. The zero-order valence-electron chi connectivity index (χ0n) is 12.1. The SMILES string of the molecule is CC(C)CCCC(C)NC(=O)N[C@H](C(=O)O)[C@@H](C)O. The average Bonchev–Trinajstić information content (AvgIpc) is 2.24. The van der Waals surface area contributed by atoms with Crippen LogP contribution in [-0.2, 0) is 4.79 Å². The number of amides is 2. The second-order valence-electron chi connectivity index (χ2n) is 5.40. The van der Waals surface area contributed by atoms with Crippen LogP contribution >= 0.6 is 0 Å². The zero-order chi connectivity index (χ0) is 15.0. The van der Waals surface area contributed by atoms with Crippen LogP contribution in [0.2, 0.25) is 0 Å². The van der Waals surface area contributed by atoms with Gasteiger partial charge in [-0.15, -0.1) is 0 Å². The molecule has 0 fully saturated rings. The Balaban J connectivity index is 4.05. The number of carbonyl (C=O) groups is 2. The summed E-state index contributed by atoms with van der Waals surface area (Å²) in [6, 6.07) is -1.88. The molecule has 0 saturated heterocycles. The Hall–Kier alpha value is -1.30. The van der Waals surface area contributed by atoms with Crippen molar-refractivity contribution in [2.45, 2.75) is 65.1 Å².